The monoisotopic (exact) mass is 441 g/mol. The molecule has 2 aromatic carbocycles. The van der Waals surface area contributed by atoms with E-state index in [9.17, 15) is 14.7 Å². The minimum atomic E-state index is -0.368. The van der Waals surface area contributed by atoms with Gasteiger partial charge in [-0.3, -0.25) is 14.9 Å². The Morgan fingerprint density at radius 3 is 2.52 bits per heavy atom. The van der Waals surface area contributed by atoms with Gasteiger partial charge in [-0.2, -0.15) is 0 Å². The first kappa shape index (κ1) is 21.6. The summed E-state index contributed by atoms with van der Waals surface area (Å²) < 4.78 is 12.2. The van der Waals surface area contributed by atoms with Crippen molar-refractivity contribution >= 4 is 22.9 Å². The van der Waals surface area contributed by atoms with Crippen LogP contribution in [0.4, 0.5) is 4.79 Å². The Morgan fingerprint density at radius 1 is 1.16 bits per heavy atom. The molecule has 2 aliphatic rings. The molecule has 2 amide bonds. The fourth-order valence-electron chi connectivity index (χ4n) is 4.14. The standard InChI is InChI=1S/C24H27NO5S/c1-13-14(2)20(26)15(3)21-18(13)10-24(4,12-30-21)11-29-17-7-5-16(6-8-17)9-19-22(27)25-23(28)31-19/h5-8,19,26H,9-12H2,1-4H3,(H,25,27,28). The van der Waals surface area contributed by atoms with E-state index < -0.39 is 0 Å². The average molecular weight is 442 g/mol. The molecule has 2 aliphatic heterocycles. The van der Waals surface area contributed by atoms with E-state index in [2.05, 4.69) is 12.2 Å². The molecule has 4 rings (SSSR count). The van der Waals surface area contributed by atoms with Crippen molar-refractivity contribution in [2.24, 2.45) is 5.41 Å². The average Bonchev–Trinajstić information content (AvgIpc) is 3.06. The molecule has 31 heavy (non-hydrogen) atoms. The second-order valence-electron chi connectivity index (χ2n) is 8.83. The van der Waals surface area contributed by atoms with Crippen molar-refractivity contribution in [3.8, 4) is 17.2 Å². The summed E-state index contributed by atoms with van der Waals surface area (Å²) in [5.41, 5.74) is 4.70. The van der Waals surface area contributed by atoms with E-state index >= 15 is 0 Å². The number of aromatic hydroxyl groups is 1. The highest BCUT2D eigenvalue weighted by molar-refractivity contribution is 8.15. The van der Waals surface area contributed by atoms with Gasteiger partial charge in [0.2, 0.25) is 5.91 Å². The molecule has 7 heteroatoms. The smallest absolute Gasteiger partial charge is 0.286 e. The van der Waals surface area contributed by atoms with Crippen molar-refractivity contribution in [2.75, 3.05) is 13.2 Å². The normalized spacial score (nSPS) is 22.6. The number of phenols is 1. The number of ether oxygens (including phenoxy) is 2. The molecular weight excluding hydrogens is 414 g/mol. The Hall–Kier alpha value is -2.67. The number of hydrogen-bond donors (Lipinski definition) is 2. The Kier molecular flexibility index (Phi) is 5.64. The molecule has 0 saturated carbocycles. The molecule has 2 atom stereocenters. The number of benzene rings is 2. The second-order valence-corrected chi connectivity index (χ2v) is 10.0. The number of fused-ring (bicyclic) bond motifs is 1. The van der Waals surface area contributed by atoms with E-state index in [0.29, 0.717) is 25.4 Å². The van der Waals surface area contributed by atoms with Gasteiger partial charge in [0.15, 0.2) is 0 Å². The van der Waals surface area contributed by atoms with Crippen LogP contribution in [0.2, 0.25) is 0 Å². The van der Waals surface area contributed by atoms with Gasteiger partial charge in [-0.25, -0.2) is 0 Å². The van der Waals surface area contributed by atoms with Crippen LogP contribution in [0.25, 0.3) is 0 Å². The number of carbonyl (C=O) groups excluding carboxylic acids is 2. The lowest BCUT2D eigenvalue weighted by Gasteiger charge is -2.36. The predicted molar refractivity (Wildman–Crippen MR) is 120 cm³/mol. The Bertz CT molecular complexity index is 1050. The van der Waals surface area contributed by atoms with Gasteiger partial charge in [-0.1, -0.05) is 30.8 Å². The van der Waals surface area contributed by atoms with Crippen LogP contribution < -0.4 is 14.8 Å². The van der Waals surface area contributed by atoms with E-state index in [1.807, 2.05) is 45.0 Å². The molecule has 6 nitrogen and oxygen atoms in total. The van der Waals surface area contributed by atoms with Crippen LogP contribution in [-0.2, 0) is 17.6 Å². The molecule has 0 radical (unpaired) electrons. The van der Waals surface area contributed by atoms with Gasteiger partial charge in [-0.15, -0.1) is 0 Å². The van der Waals surface area contributed by atoms with Crippen LogP contribution in [0, 0.1) is 26.2 Å². The van der Waals surface area contributed by atoms with Gasteiger partial charge in [0.25, 0.3) is 5.24 Å². The highest BCUT2D eigenvalue weighted by Crippen LogP contribution is 2.44. The summed E-state index contributed by atoms with van der Waals surface area (Å²) in [6.45, 7) is 9.02. The number of thioether (sulfide) groups is 1. The molecule has 2 unspecified atom stereocenters. The van der Waals surface area contributed by atoms with Crippen molar-refractivity contribution in [3.05, 3.63) is 52.1 Å². The van der Waals surface area contributed by atoms with E-state index in [1.54, 1.807) is 0 Å². The van der Waals surface area contributed by atoms with Crippen molar-refractivity contribution in [2.45, 2.75) is 45.8 Å². The minimum Gasteiger partial charge on any atom is -0.507 e. The molecule has 1 fully saturated rings. The van der Waals surface area contributed by atoms with Gasteiger partial charge in [-0.05, 0) is 68.0 Å². The molecule has 0 spiro atoms. The van der Waals surface area contributed by atoms with Crippen LogP contribution in [-0.4, -0.2) is 34.7 Å². The third-order valence-electron chi connectivity index (χ3n) is 6.21. The zero-order chi connectivity index (χ0) is 22.3. The van der Waals surface area contributed by atoms with Crippen molar-refractivity contribution in [3.63, 3.8) is 0 Å². The third-order valence-corrected chi connectivity index (χ3v) is 7.19. The zero-order valence-electron chi connectivity index (χ0n) is 18.2. The molecule has 0 aromatic heterocycles. The van der Waals surface area contributed by atoms with E-state index in [-0.39, 0.29) is 21.8 Å². The Labute approximate surface area is 186 Å². The Balaban J connectivity index is 1.41. The highest BCUT2D eigenvalue weighted by Gasteiger charge is 2.35. The van der Waals surface area contributed by atoms with Crippen LogP contribution in [0.5, 0.6) is 17.2 Å². The summed E-state index contributed by atoms with van der Waals surface area (Å²) >= 11 is 1.04. The van der Waals surface area contributed by atoms with Gasteiger partial charge in [0.05, 0.1) is 18.5 Å². The topological polar surface area (TPSA) is 84.9 Å². The summed E-state index contributed by atoms with van der Waals surface area (Å²) in [6.07, 6.45) is 1.33. The predicted octanol–water partition coefficient (Wildman–Crippen LogP) is 4.23. The quantitative estimate of drug-likeness (QED) is 0.722. The first-order valence-electron chi connectivity index (χ1n) is 10.3. The fourth-order valence-corrected chi connectivity index (χ4v) is 5.00. The molecule has 2 aromatic rings. The van der Waals surface area contributed by atoms with E-state index in [1.165, 1.54) is 0 Å². The van der Waals surface area contributed by atoms with Crippen molar-refractivity contribution in [1.82, 2.24) is 5.32 Å². The van der Waals surface area contributed by atoms with Crippen LogP contribution in [0.15, 0.2) is 24.3 Å². The molecule has 0 aliphatic carbocycles. The molecule has 164 valence electrons. The molecule has 2 N–H and O–H groups in total. The molecule has 2 heterocycles. The SMILES string of the molecule is Cc1c(C)c2c(c(C)c1O)OCC(C)(COc1ccc(CC3SC(=O)NC3=O)cc1)C2. The summed E-state index contributed by atoms with van der Waals surface area (Å²) in [5.74, 6) is 1.64. The van der Waals surface area contributed by atoms with Crippen LogP contribution >= 0.6 is 11.8 Å². The van der Waals surface area contributed by atoms with E-state index in [4.69, 9.17) is 9.47 Å². The third kappa shape index (κ3) is 4.24. The number of amides is 2. The molecule has 1 saturated heterocycles. The number of rotatable bonds is 5. The number of phenolic OH excluding ortho intramolecular Hbond substituents is 1. The Morgan fingerprint density at radius 2 is 1.87 bits per heavy atom. The molecular formula is C24H27NO5S. The van der Waals surface area contributed by atoms with Crippen LogP contribution in [0.1, 0.15) is 34.7 Å². The van der Waals surface area contributed by atoms with Gasteiger partial charge in [0.1, 0.15) is 17.2 Å². The summed E-state index contributed by atoms with van der Waals surface area (Å²) in [7, 11) is 0. The maximum atomic E-state index is 11.7. The van der Waals surface area contributed by atoms with Gasteiger partial charge < -0.3 is 14.6 Å². The molecule has 0 bridgehead atoms. The second kappa shape index (κ2) is 8.11. The minimum absolute atomic E-state index is 0.189. The first-order valence-corrected chi connectivity index (χ1v) is 11.2. The summed E-state index contributed by atoms with van der Waals surface area (Å²) in [4.78, 5) is 23.1. The lowest BCUT2D eigenvalue weighted by molar-refractivity contribution is -0.118. The van der Waals surface area contributed by atoms with E-state index in [0.717, 1.165) is 57.5 Å². The summed E-state index contributed by atoms with van der Waals surface area (Å²) in [6, 6.07) is 7.65. The van der Waals surface area contributed by atoms with Crippen molar-refractivity contribution < 1.29 is 24.2 Å². The lowest BCUT2D eigenvalue weighted by Crippen LogP contribution is -2.38. The number of hydrogen-bond acceptors (Lipinski definition) is 6. The van der Waals surface area contributed by atoms with Crippen molar-refractivity contribution in [1.29, 1.82) is 0 Å². The number of nitrogens with one attached hydrogen (secondary N) is 1. The van der Waals surface area contributed by atoms with Crippen LogP contribution in [0.3, 0.4) is 0 Å². The van der Waals surface area contributed by atoms with Gasteiger partial charge in [0, 0.05) is 11.0 Å². The largest absolute Gasteiger partial charge is 0.507 e. The number of carbonyl (C=O) groups is 2. The maximum Gasteiger partial charge on any atom is 0.286 e. The maximum absolute atomic E-state index is 11.7. The summed E-state index contributed by atoms with van der Waals surface area (Å²) in [5, 5.41) is 12.0. The highest BCUT2D eigenvalue weighted by atomic mass is 32.2. The zero-order valence-corrected chi connectivity index (χ0v) is 19.0. The first-order chi connectivity index (χ1) is 14.7. The number of imide groups is 1. The van der Waals surface area contributed by atoms with Gasteiger partial charge >= 0.3 is 0 Å². The lowest BCUT2D eigenvalue weighted by atomic mass is 9.80. The fraction of sp³-hybridized carbons (Fsp3) is 0.417.